The van der Waals surface area contributed by atoms with Gasteiger partial charge in [-0.15, -0.1) is 0 Å². The second-order valence-corrected chi connectivity index (χ2v) is 6.00. The third-order valence-electron chi connectivity index (χ3n) is 3.74. The lowest BCUT2D eigenvalue weighted by Gasteiger charge is -2.10. The van der Waals surface area contributed by atoms with Crippen molar-refractivity contribution in [2.75, 3.05) is 27.9 Å². The van der Waals surface area contributed by atoms with Crippen molar-refractivity contribution < 1.29 is 38.8 Å². The molecule has 0 aliphatic carbocycles. The Balaban J connectivity index is 0.000000327. The van der Waals surface area contributed by atoms with Crippen molar-refractivity contribution in [1.82, 2.24) is 15.3 Å². The summed E-state index contributed by atoms with van der Waals surface area (Å²) in [6, 6.07) is 8.88. The van der Waals surface area contributed by atoms with Crippen LogP contribution in [0.3, 0.4) is 0 Å². The molecule has 0 bridgehead atoms. The number of ether oxygens (including phenoxy) is 3. The molecule has 0 aliphatic rings. The van der Waals surface area contributed by atoms with Crippen molar-refractivity contribution in [2.24, 2.45) is 0 Å². The van der Waals surface area contributed by atoms with E-state index < -0.39 is 24.2 Å². The summed E-state index contributed by atoms with van der Waals surface area (Å²) >= 11 is 0. The standard InChI is InChI=1S/C12H16N2O4.C8H9NO4/c1-8(13-2)7-18-12(16)10-6-4-5-9(14-10)11(15)17-3;1-13-8(12)6-4-2-3-5(9-6)7(10)11/h4-6,8,13H,7H2,1-3H3;2-4,7,10-11H,1H3/t8-;/m1./s1. The zero-order chi connectivity index (χ0) is 23.4. The molecule has 168 valence electrons. The second kappa shape index (κ2) is 13.0. The van der Waals surface area contributed by atoms with Crippen LogP contribution in [-0.2, 0) is 14.2 Å². The molecule has 11 nitrogen and oxygen atoms in total. The fraction of sp³-hybridized carbons (Fsp3) is 0.350. The summed E-state index contributed by atoms with van der Waals surface area (Å²) < 4.78 is 14.0. The van der Waals surface area contributed by atoms with Gasteiger partial charge in [-0.25, -0.2) is 24.4 Å². The Kier molecular flexibility index (Phi) is 10.8. The van der Waals surface area contributed by atoms with Crippen molar-refractivity contribution in [3.05, 3.63) is 59.2 Å². The van der Waals surface area contributed by atoms with Gasteiger partial charge in [0, 0.05) is 6.04 Å². The predicted octanol–water partition coefficient (Wildman–Crippen LogP) is 0.484. The first-order chi connectivity index (χ1) is 14.7. The first-order valence-electron chi connectivity index (χ1n) is 9.04. The highest BCUT2D eigenvalue weighted by atomic mass is 16.5. The molecule has 2 aromatic heterocycles. The number of nitrogens with one attached hydrogen (secondary N) is 1. The molecule has 0 saturated carbocycles. The van der Waals surface area contributed by atoms with Crippen molar-refractivity contribution in [2.45, 2.75) is 19.3 Å². The number of aromatic nitrogens is 2. The molecule has 3 N–H and O–H groups in total. The van der Waals surface area contributed by atoms with Gasteiger partial charge in [-0.2, -0.15) is 0 Å². The molecule has 31 heavy (non-hydrogen) atoms. The molecule has 2 heterocycles. The highest BCUT2D eigenvalue weighted by Crippen LogP contribution is 2.07. The Morgan fingerprint density at radius 2 is 1.39 bits per heavy atom. The average molecular weight is 435 g/mol. The van der Waals surface area contributed by atoms with Crippen LogP contribution in [-0.4, -0.2) is 72.0 Å². The Morgan fingerprint density at radius 3 is 1.87 bits per heavy atom. The molecule has 2 rings (SSSR count). The number of pyridine rings is 2. The number of carbonyl (C=O) groups is 3. The average Bonchev–Trinajstić information content (AvgIpc) is 2.81. The van der Waals surface area contributed by atoms with Crippen LogP contribution < -0.4 is 5.32 Å². The summed E-state index contributed by atoms with van der Waals surface area (Å²) in [7, 11) is 4.25. The molecule has 0 aromatic carbocycles. The van der Waals surface area contributed by atoms with Gasteiger partial charge in [-0.3, -0.25) is 0 Å². The largest absolute Gasteiger partial charge is 0.464 e. The van der Waals surface area contributed by atoms with E-state index in [0.29, 0.717) is 0 Å². The number of aliphatic hydroxyl groups excluding tert-OH is 1. The van der Waals surface area contributed by atoms with E-state index in [1.807, 2.05) is 6.92 Å². The monoisotopic (exact) mass is 435 g/mol. The maximum Gasteiger partial charge on any atom is 0.357 e. The van der Waals surface area contributed by atoms with E-state index >= 15 is 0 Å². The lowest BCUT2D eigenvalue weighted by Crippen LogP contribution is -2.28. The van der Waals surface area contributed by atoms with Gasteiger partial charge >= 0.3 is 17.9 Å². The van der Waals surface area contributed by atoms with Crippen LogP contribution in [0.2, 0.25) is 0 Å². The maximum absolute atomic E-state index is 11.7. The first-order valence-corrected chi connectivity index (χ1v) is 9.04. The molecule has 0 spiro atoms. The van der Waals surface area contributed by atoms with Crippen LogP contribution in [0.4, 0.5) is 0 Å². The van der Waals surface area contributed by atoms with Gasteiger partial charge < -0.3 is 29.7 Å². The third-order valence-corrected chi connectivity index (χ3v) is 3.74. The van der Waals surface area contributed by atoms with Crippen molar-refractivity contribution in [3.63, 3.8) is 0 Å². The molecule has 1 atom stereocenters. The van der Waals surface area contributed by atoms with E-state index in [4.69, 9.17) is 14.9 Å². The summed E-state index contributed by atoms with van der Waals surface area (Å²) in [5.74, 6) is -1.77. The Hall–Kier alpha value is -3.41. The Bertz CT molecular complexity index is 888. The highest BCUT2D eigenvalue weighted by Gasteiger charge is 2.14. The normalized spacial score (nSPS) is 11.1. The fourth-order valence-corrected chi connectivity index (χ4v) is 1.94. The SMILES string of the molecule is CN[C@H](C)COC(=O)c1cccc(C(=O)OC)n1.COC(=O)c1cccc(C(O)O)n1. The summed E-state index contributed by atoms with van der Waals surface area (Å²) in [5.41, 5.74) is 0.228. The van der Waals surface area contributed by atoms with Crippen LogP contribution in [0.25, 0.3) is 0 Å². The molecule has 0 radical (unpaired) electrons. The number of aliphatic hydroxyl groups is 2. The third kappa shape index (κ3) is 8.46. The van der Waals surface area contributed by atoms with Crippen molar-refractivity contribution in [3.8, 4) is 0 Å². The molecule has 0 aliphatic heterocycles. The smallest absolute Gasteiger partial charge is 0.357 e. The van der Waals surface area contributed by atoms with E-state index in [0.717, 1.165) is 0 Å². The van der Waals surface area contributed by atoms with Gasteiger partial charge in [-0.1, -0.05) is 12.1 Å². The van der Waals surface area contributed by atoms with Crippen LogP contribution in [0.1, 0.15) is 50.4 Å². The van der Waals surface area contributed by atoms with Gasteiger partial charge in [0.05, 0.1) is 19.9 Å². The molecule has 11 heteroatoms. The zero-order valence-electron chi connectivity index (χ0n) is 17.6. The van der Waals surface area contributed by atoms with Gasteiger partial charge in [0.15, 0.2) is 6.29 Å². The zero-order valence-corrected chi connectivity index (χ0v) is 17.6. The quantitative estimate of drug-likeness (QED) is 0.316. The Morgan fingerprint density at radius 1 is 0.903 bits per heavy atom. The Labute approximate surface area is 179 Å². The highest BCUT2D eigenvalue weighted by molar-refractivity contribution is 5.91. The van der Waals surface area contributed by atoms with E-state index in [2.05, 4.69) is 24.8 Å². The van der Waals surface area contributed by atoms with E-state index in [1.54, 1.807) is 13.1 Å². The molecule has 0 saturated heterocycles. The summed E-state index contributed by atoms with van der Waals surface area (Å²) in [6.45, 7) is 2.12. The minimum absolute atomic E-state index is 0.0166. The summed E-state index contributed by atoms with van der Waals surface area (Å²) in [4.78, 5) is 41.4. The van der Waals surface area contributed by atoms with Crippen LogP contribution >= 0.6 is 0 Å². The van der Waals surface area contributed by atoms with Gasteiger partial charge in [0.25, 0.3) is 0 Å². The van der Waals surface area contributed by atoms with Crippen molar-refractivity contribution in [1.29, 1.82) is 0 Å². The molecule has 0 amide bonds. The second-order valence-electron chi connectivity index (χ2n) is 6.00. The predicted molar refractivity (Wildman–Crippen MR) is 107 cm³/mol. The molecular formula is C20H25N3O8. The lowest BCUT2D eigenvalue weighted by atomic mass is 10.3. The lowest BCUT2D eigenvalue weighted by molar-refractivity contribution is -0.0459. The van der Waals surface area contributed by atoms with Crippen molar-refractivity contribution >= 4 is 17.9 Å². The van der Waals surface area contributed by atoms with Gasteiger partial charge in [-0.05, 0) is 38.2 Å². The van der Waals surface area contributed by atoms with Gasteiger partial charge in [0.2, 0.25) is 0 Å². The summed E-state index contributed by atoms with van der Waals surface area (Å²) in [5, 5.41) is 20.4. The first kappa shape index (κ1) is 25.6. The number of hydrogen-bond acceptors (Lipinski definition) is 11. The fourth-order valence-electron chi connectivity index (χ4n) is 1.94. The van der Waals surface area contributed by atoms with Gasteiger partial charge in [0.1, 0.15) is 23.7 Å². The number of carbonyl (C=O) groups excluding carboxylic acids is 3. The number of rotatable bonds is 7. The molecule has 0 unspecified atom stereocenters. The molecule has 2 aromatic rings. The number of esters is 3. The summed E-state index contributed by atoms with van der Waals surface area (Å²) in [6.07, 6.45) is -1.68. The topological polar surface area (TPSA) is 157 Å². The molecular weight excluding hydrogens is 410 g/mol. The molecule has 0 fully saturated rings. The number of likely N-dealkylation sites (N-methyl/N-ethyl adjacent to an activating group) is 1. The minimum atomic E-state index is -1.68. The van der Waals surface area contributed by atoms with E-state index in [9.17, 15) is 14.4 Å². The maximum atomic E-state index is 11.7. The number of hydrogen-bond donors (Lipinski definition) is 3. The number of methoxy groups -OCH3 is 2. The van der Waals surface area contributed by atoms with Crippen LogP contribution in [0.15, 0.2) is 36.4 Å². The van der Waals surface area contributed by atoms with E-state index in [1.165, 1.54) is 44.6 Å². The van der Waals surface area contributed by atoms with Crippen LogP contribution in [0, 0.1) is 0 Å². The number of nitrogens with zero attached hydrogens (tertiary/aromatic N) is 2. The van der Waals surface area contributed by atoms with E-state index in [-0.39, 0.29) is 35.4 Å². The minimum Gasteiger partial charge on any atom is -0.464 e. The van der Waals surface area contributed by atoms with Crippen LogP contribution in [0.5, 0.6) is 0 Å².